The lowest BCUT2D eigenvalue weighted by Gasteiger charge is -2.49. The highest BCUT2D eigenvalue weighted by Gasteiger charge is 2.52. The Morgan fingerprint density at radius 1 is 0.894 bits per heavy atom. The fraction of sp³-hybridized carbons (Fsp3) is 0.962. The molecule has 1 saturated carbocycles. The molecule has 0 aromatic heterocycles. The number of nitrogens with two attached hydrogens (primary N) is 4. The average molecular weight is 693 g/mol. The second-order valence-electron chi connectivity index (χ2n) is 12.2. The maximum Gasteiger partial charge on any atom is 0.268 e. The maximum atomic E-state index is 13.9. The fourth-order valence-electron chi connectivity index (χ4n) is 5.72. The van der Waals surface area contributed by atoms with E-state index in [-0.39, 0.29) is 26.1 Å². The van der Waals surface area contributed by atoms with Gasteiger partial charge in [-0.1, -0.05) is 0 Å². The third-order valence-corrected chi connectivity index (χ3v) is 8.50. The first kappa shape index (κ1) is 40.1. The van der Waals surface area contributed by atoms with E-state index in [1.54, 1.807) is 0 Å². The highest BCUT2D eigenvalue weighted by molar-refractivity contribution is 5.77. The lowest BCUT2D eigenvalue weighted by molar-refractivity contribution is -0.333. The van der Waals surface area contributed by atoms with E-state index < -0.39 is 129 Å². The molecule has 0 radical (unpaired) electrons. The summed E-state index contributed by atoms with van der Waals surface area (Å²) in [6.07, 6.45) is -21.5. The molecule has 0 bridgehead atoms. The van der Waals surface area contributed by atoms with Crippen LogP contribution in [0.3, 0.4) is 0 Å². The minimum absolute atomic E-state index is 0.0659. The normalized spacial score (nSPS) is 42.2. The van der Waals surface area contributed by atoms with Gasteiger partial charge in [-0.3, -0.25) is 4.79 Å². The van der Waals surface area contributed by atoms with Gasteiger partial charge in [0.15, 0.2) is 12.6 Å². The number of aliphatic hydroxyl groups excluding tert-OH is 8. The number of ether oxygens (including phenoxy) is 4. The summed E-state index contributed by atoms with van der Waals surface area (Å²) in [5.74, 6) is -4.74. The summed E-state index contributed by atoms with van der Waals surface area (Å²) in [6, 6.07) is -3.90. The van der Waals surface area contributed by atoms with Crippen LogP contribution >= 0.6 is 0 Å². The lowest BCUT2D eigenvalue weighted by Crippen LogP contribution is -2.69. The number of halogens is 2. The summed E-state index contributed by atoms with van der Waals surface area (Å²) in [7, 11) is 0. The van der Waals surface area contributed by atoms with Gasteiger partial charge in [0.2, 0.25) is 5.91 Å². The molecule has 0 aromatic carbocycles. The monoisotopic (exact) mass is 692 g/mol. The van der Waals surface area contributed by atoms with Gasteiger partial charge in [0, 0.05) is 19.1 Å². The molecule has 0 spiro atoms. The molecule has 276 valence electrons. The molecule has 19 nitrogen and oxygen atoms in total. The Morgan fingerprint density at radius 2 is 1.51 bits per heavy atom. The van der Waals surface area contributed by atoms with Crippen molar-refractivity contribution in [3.05, 3.63) is 0 Å². The molecule has 3 fully saturated rings. The van der Waals surface area contributed by atoms with Gasteiger partial charge in [-0.15, -0.1) is 0 Å². The molecule has 2 saturated heterocycles. The maximum absolute atomic E-state index is 13.9. The van der Waals surface area contributed by atoms with Crippen molar-refractivity contribution in [1.82, 2.24) is 10.6 Å². The predicted octanol–water partition coefficient (Wildman–Crippen LogP) is -7.81. The molecule has 47 heavy (non-hydrogen) atoms. The van der Waals surface area contributed by atoms with Gasteiger partial charge < -0.3 is 93.4 Å². The number of carbonyl (C=O) groups excluding carboxylic acids is 1. The Hall–Kier alpha value is -1.35. The van der Waals surface area contributed by atoms with E-state index in [1.165, 1.54) is 0 Å². The largest absolute Gasteiger partial charge is 0.394 e. The summed E-state index contributed by atoms with van der Waals surface area (Å²) in [4.78, 5) is 12.5. The van der Waals surface area contributed by atoms with Gasteiger partial charge in [0.05, 0.1) is 37.8 Å². The van der Waals surface area contributed by atoms with Crippen molar-refractivity contribution >= 4 is 5.91 Å². The van der Waals surface area contributed by atoms with E-state index in [9.17, 15) is 54.4 Å². The van der Waals surface area contributed by atoms with Gasteiger partial charge in [-0.2, -0.15) is 0 Å². The summed E-state index contributed by atoms with van der Waals surface area (Å²) < 4.78 is 50.5. The number of hydrogen-bond donors (Lipinski definition) is 14. The number of hydrogen-bond acceptors (Lipinski definition) is 18. The van der Waals surface area contributed by atoms with Crippen LogP contribution in [0.25, 0.3) is 0 Å². The van der Waals surface area contributed by atoms with E-state index in [2.05, 4.69) is 10.6 Å². The van der Waals surface area contributed by atoms with Gasteiger partial charge in [0.25, 0.3) is 5.92 Å². The van der Waals surface area contributed by atoms with Crippen LogP contribution in [0, 0.1) is 0 Å². The molecule has 1 aliphatic carbocycles. The molecule has 2 aliphatic heterocycles. The standard InChI is InChI=1S/C26H50F2N6O13/c27-26(28,8-30)4-14(37)34-11-3-10(31)22(21(43)23(11)47-24-18(40)15(32)16(38)13(7-35)45-24)46-25-20(42)19(41)17(39)12(44-25)6-33-5-9(36)1-2-29/h9-13,15-25,33,35-36,38-43H,1-8,29-32H2,(H,34,37)/t9?,10-,11+,12+,13+,15-,16+,17+,18+,19-,20+,21-,22+,23-,24+,25+/m0/s1. The average Bonchev–Trinajstić information content (AvgIpc) is 3.01. The van der Waals surface area contributed by atoms with Gasteiger partial charge in [-0.25, -0.2) is 8.78 Å². The third-order valence-electron chi connectivity index (χ3n) is 8.50. The van der Waals surface area contributed by atoms with Gasteiger partial charge in [0.1, 0.15) is 61.0 Å². The summed E-state index contributed by atoms with van der Waals surface area (Å²) >= 11 is 0. The van der Waals surface area contributed by atoms with Gasteiger partial charge in [-0.05, 0) is 19.4 Å². The zero-order chi connectivity index (χ0) is 35.2. The predicted molar refractivity (Wildman–Crippen MR) is 154 cm³/mol. The van der Waals surface area contributed by atoms with Gasteiger partial charge >= 0.3 is 0 Å². The van der Waals surface area contributed by atoms with Crippen molar-refractivity contribution in [2.24, 2.45) is 22.9 Å². The topological polar surface area (TPSA) is 344 Å². The second-order valence-corrected chi connectivity index (χ2v) is 12.2. The number of aliphatic hydroxyl groups is 8. The third kappa shape index (κ3) is 10.1. The molecule has 1 unspecified atom stereocenters. The molecule has 3 rings (SSSR count). The summed E-state index contributed by atoms with van der Waals surface area (Å²) in [5.41, 5.74) is 22.6. The van der Waals surface area contributed by atoms with Crippen LogP contribution in [0.15, 0.2) is 0 Å². The lowest BCUT2D eigenvalue weighted by atomic mass is 9.83. The number of nitrogens with one attached hydrogen (secondary N) is 2. The van der Waals surface area contributed by atoms with E-state index in [0.717, 1.165) is 0 Å². The SMILES string of the molecule is NCCC(O)CNC[C@H]1O[C@H](O[C@H]2[C@H](O)[C@@H](O[C@H]3O[C@H](CO)[C@@H](O)[C@H](N)[C@H]3O)[C@H](NC(=O)CC(F)(F)CN)C[C@@H]2N)[C@H](O)[C@@H](O)[C@@H]1O. The van der Waals surface area contributed by atoms with Crippen molar-refractivity contribution in [1.29, 1.82) is 0 Å². The highest BCUT2D eigenvalue weighted by Crippen LogP contribution is 2.32. The molecule has 16 atom stereocenters. The molecule has 3 aliphatic rings. The van der Waals surface area contributed by atoms with E-state index in [1.807, 2.05) is 0 Å². The van der Waals surface area contributed by atoms with Crippen LogP contribution in [-0.4, -0.2) is 183 Å². The zero-order valence-corrected chi connectivity index (χ0v) is 25.6. The van der Waals surface area contributed by atoms with Crippen molar-refractivity contribution < 1.29 is 73.4 Å². The highest BCUT2D eigenvalue weighted by atomic mass is 19.3. The van der Waals surface area contributed by atoms with E-state index >= 15 is 0 Å². The number of carbonyl (C=O) groups is 1. The molecule has 0 aromatic rings. The van der Waals surface area contributed by atoms with Crippen molar-refractivity contribution in [3.8, 4) is 0 Å². The zero-order valence-electron chi connectivity index (χ0n) is 25.6. The van der Waals surface area contributed by atoms with Crippen LogP contribution in [0.5, 0.6) is 0 Å². The Labute approximate surface area is 269 Å². The first-order chi connectivity index (χ1) is 22.0. The minimum atomic E-state index is -3.56. The molecule has 18 N–H and O–H groups in total. The Morgan fingerprint density at radius 3 is 2.13 bits per heavy atom. The Balaban J connectivity index is 1.81. The number of rotatable bonds is 15. The van der Waals surface area contributed by atoms with Crippen LogP contribution < -0.4 is 33.6 Å². The minimum Gasteiger partial charge on any atom is -0.394 e. The quantitative estimate of drug-likeness (QED) is 0.0757. The van der Waals surface area contributed by atoms with Crippen LogP contribution in [0.1, 0.15) is 19.3 Å². The van der Waals surface area contributed by atoms with E-state index in [0.29, 0.717) is 6.42 Å². The van der Waals surface area contributed by atoms with Crippen molar-refractivity contribution in [2.75, 3.05) is 32.8 Å². The Bertz CT molecular complexity index is 982. The molecule has 2 heterocycles. The van der Waals surface area contributed by atoms with E-state index in [4.69, 9.17) is 41.9 Å². The smallest absolute Gasteiger partial charge is 0.268 e. The molecular weight excluding hydrogens is 642 g/mol. The van der Waals surface area contributed by atoms with Crippen LogP contribution in [0.4, 0.5) is 8.78 Å². The molecule has 21 heteroatoms. The summed E-state index contributed by atoms with van der Waals surface area (Å²) in [5, 5.41) is 88.5. The van der Waals surface area contributed by atoms with Crippen molar-refractivity contribution in [3.63, 3.8) is 0 Å². The summed E-state index contributed by atoms with van der Waals surface area (Å²) in [6.45, 7) is -1.69. The first-order valence-electron chi connectivity index (χ1n) is 15.3. The first-order valence-corrected chi connectivity index (χ1v) is 15.3. The van der Waals surface area contributed by atoms with Crippen molar-refractivity contribution in [2.45, 2.75) is 123 Å². The number of alkyl halides is 2. The number of amides is 1. The molecule has 1 amide bonds. The Kier molecular flexibility index (Phi) is 15.0. The fourth-order valence-corrected chi connectivity index (χ4v) is 5.72. The molecular formula is C26H50F2N6O13. The van der Waals surface area contributed by atoms with Crippen LogP contribution in [0.2, 0.25) is 0 Å². The second kappa shape index (κ2) is 17.5. The van der Waals surface area contributed by atoms with Crippen LogP contribution in [-0.2, 0) is 23.7 Å².